The first-order chi connectivity index (χ1) is 9.61. The van der Waals surface area contributed by atoms with Crippen LogP contribution in [0.3, 0.4) is 0 Å². The van der Waals surface area contributed by atoms with E-state index in [-0.39, 0.29) is 18.0 Å². The van der Waals surface area contributed by atoms with E-state index in [1.54, 1.807) is 35.3 Å². The first kappa shape index (κ1) is 14.4. The third-order valence-electron chi connectivity index (χ3n) is 2.71. The summed E-state index contributed by atoms with van der Waals surface area (Å²) in [6.45, 7) is 0.173. The molecular weight excluding hydrogens is 282 g/mol. The predicted molar refractivity (Wildman–Crippen MR) is 75.7 cm³/mol. The summed E-state index contributed by atoms with van der Waals surface area (Å²) in [5.41, 5.74) is 1.26. The van der Waals surface area contributed by atoms with E-state index in [4.69, 9.17) is 16.7 Å². The number of aliphatic hydroxyl groups excluding tert-OH is 1. The van der Waals surface area contributed by atoms with Gasteiger partial charge in [0.25, 0.3) is 0 Å². The molecule has 0 fully saturated rings. The standard InChI is InChI=1S/C13H14ClN3O3/c14-7-10(18)8-15-12-6-9(17-5-1-4-16-17)2-3-11(12)13(19)20/h1-6,10,15,18H,7-8H2,(H,19,20). The van der Waals surface area contributed by atoms with Gasteiger partial charge in [-0.3, -0.25) is 0 Å². The Balaban J connectivity index is 2.30. The second kappa shape index (κ2) is 6.40. The molecule has 0 aliphatic heterocycles. The lowest BCUT2D eigenvalue weighted by Crippen LogP contribution is -2.22. The maximum atomic E-state index is 11.2. The number of aliphatic hydroxyl groups is 1. The minimum atomic E-state index is -1.04. The molecule has 0 saturated carbocycles. The highest BCUT2D eigenvalue weighted by Gasteiger charge is 2.12. The van der Waals surface area contributed by atoms with E-state index in [1.165, 1.54) is 6.07 Å². The first-order valence-corrected chi connectivity index (χ1v) is 6.50. The van der Waals surface area contributed by atoms with Crippen LogP contribution in [0.2, 0.25) is 0 Å². The monoisotopic (exact) mass is 295 g/mol. The maximum absolute atomic E-state index is 11.2. The average molecular weight is 296 g/mol. The van der Waals surface area contributed by atoms with Crippen molar-refractivity contribution in [2.75, 3.05) is 17.7 Å². The molecule has 0 aliphatic carbocycles. The van der Waals surface area contributed by atoms with Crippen LogP contribution in [0.4, 0.5) is 5.69 Å². The number of carboxylic acids is 1. The van der Waals surface area contributed by atoms with Gasteiger partial charge >= 0.3 is 5.97 Å². The van der Waals surface area contributed by atoms with Gasteiger partial charge in [-0.05, 0) is 24.3 Å². The zero-order chi connectivity index (χ0) is 14.5. The second-order valence-electron chi connectivity index (χ2n) is 4.17. The second-order valence-corrected chi connectivity index (χ2v) is 4.48. The minimum Gasteiger partial charge on any atom is -0.478 e. The number of aromatic nitrogens is 2. The van der Waals surface area contributed by atoms with Gasteiger partial charge in [-0.15, -0.1) is 11.6 Å². The lowest BCUT2D eigenvalue weighted by Gasteiger charge is -2.13. The van der Waals surface area contributed by atoms with Crippen molar-refractivity contribution in [3.05, 3.63) is 42.2 Å². The third kappa shape index (κ3) is 3.28. The Labute approximate surface area is 120 Å². The number of hydrogen-bond acceptors (Lipinski definition) is 4. The zero-order valence-corrected chi connectivity index (χ0v) is 11.3. The molecule has 1 aromatic heterocycles. The molecular formula is C13H14ClN3O3. The van der Waals surface area contributed by atoms with Crippen LogP contribution in [0.15, 0.2) is 36.7 Å². The van der Waals surface area contributed by atoms with Crippen LogP contribution in [0.25, 0.3) is 5.69 Å². The summed E-state index contributed by atoms with van der Waals surface area (Å²) < 4.78 is 1.62. The number of carbonyl (C=O) groups is 1. The van der Waals surface area contributed by atoms with Crippen molar-refractivity contribution in [3.8, 4) is 5.69 Å². The van der Waals surface area contributed by atoms with E-state index in [2.05, 4.69) is 10.4 Å². The maximum Gasteiger partial charge on any atom is 0.337 e. The van der Waals surface area contributed by atoms with Gasteiger partial charge in [0.1, 0.15) is 0 Å². The van der Waals surface area contributed by atoms with Crippen LogP contribution >= 0.6 is 11.6 Å². The molecule has 20 heavy (non-hydrogen) atoms. The molecule has 1 aromatic carbocycles. The Hall–Kier alpha value is -2.05. The van der Waals surface area contributed by atoms with Crippen LogP contribution in [-0.4, -0.2) is 44.5 Å². The summed E-state index contributed by atoms with van der Waals surface area (Å²) in [4.78, 5) is 11.2. The van der Waals surface area contributed by atoms with Crippen LogP contribution in [0.5, 0.6) is 0 Å². The van der Waals surface area contributed by atoms with Crippen LogP contribution in [-0.2, 0) is 0 Å². The quantitative estimate of drug-likeness (QED) is 0.704. The Morgan fingerprint density at radius 2 is 2.30 bits per heavy atom. The van der Waals surface area contributed by atoms with E-state index in [9.17, 15) is 9.90 Å². The summed E-state index contributed by atoms with van der Waals surface area (Å²) in [5.74, 6) is -0.964. The summed E-state index contributed by atoms with van der Waals surface area (Å²) in [7, 11) is 0. The number of halogens is 1. The molecule has 3 N–H and O–H groups in total. The fraction of sp³-hybridized carbons (Fsp3) is 0.231. The highest BCUT2D eigenvalue weighted by Crippen LogP contribution is 2.20. The molecule has 2 aromatic rings. The molecule has 1 heterocycles. The van der Waals surface area contributed by atoms with Crippen molar-refractivity contribution >= 4 is 23.3 Å². The molecule has 0 radical (unpaired) electrons. The van der Waals surface area contributed by atoms with Gasteiger partial charge in [-0.25, -0.2) is 9.48 Å². The smallest absolute Gasteiger partial charge is 0.337 e. The molecule has 0 bridgehead atoms. The predicted octanol–water partition coefficient (Wildman–Crippen LogP) is 1.58. The van der Waals surface area contributed by atoms with Gasteiger partial charge in [0, 0.05) is 18.9 Å². The van der Waals surface area contributed by atoms with Crippen molar-refractivity contribution in [2.45, 2.75) is 6.10 Å². The third-order valence-corrected chi connectivity index (χ3v) is 3.06. The number of hydrogen-bond donors (Lipinski definition) is 3. The Morgan fingerprint density at radius 1 is 1.50 bits per heavy atom. The fourth-order valence-corrected chi connectivity index (χ4v) is 1.82. The highest BCUT2D eigenvalue weighted by molar-refractivity contribution is 6.18. The largest absolute Gasteiger partial charge is 0.478 e. The van der Waals surface area contributed by atoms with Crippen molar-refractivity contribution in [1.29, 1.82) is 0 Å². The van der Waals surface area contributed by atoms with Crippen molar-refractivity contribution in [2.24, 2.45) is 0 Å². The number of nitrogens with one attached hydrogen (secondary N) is 1. The Morgan fingerprint density at radius 3 is 2.90 bits per heavy atom. The molecule has 0 amide bonds. The van der Waals surface area contributed by atoms with Gasteiger partial charge in [0.15, 0.2) is 0 Å². The first-order valence-electron chi connectivity index (χ1n) is 5.97. The van der Waals surface area contributed by atoms with E-state index in [0.717, 1.165) is 5.69 Å². The van der Waals surface area contributed by atoms with Crippen molar-refractivity contribution in [1.82, 2.24) is 9.78 Å². The number of nitrogens with zero attached hydrogens (tertiary/aromatic N) is 2. The van der Waals surface area contributed by atoms with Gasteiger partial charge < -0.3 is 15.5 Å². The van der Waals surface area contributed by atoms with Gasteiger partial charge in [0.2, 0.25) is 0 Å². The Kier molecular flexibility index (Phi) is 4.60. The normalized spacial score (nSPS) is 12.1. The fourth-order valence-electron chi connectivity index (χ4n) is 1.71. The summed E-state index contributed by atoms with van der Waals surface area (Å²) >= 11 is 5.51. The van der Waals surface area contributed by atoms with E-state index in [0.29, 0.717) is 5.69 Å². The number of carboxylic acid groups (broad SMARTS) is 1. The molecule has 7 heteroatoms. The molecule has 0 spiro atoms. The zero-order valence-electron chi connectivity index (χ0n) is 10.5. The van der Waals surface area contributed by atoms with Gasteiger partial charge in [-0.1, -0.05) is 0 Å². The number of aromatic carboxylic acids is 1. The summed E-state index contributed by atoms with van der Waals surface area (Å²) in [6, 6.07) is 6.60. The number of benzene rings is 1. The van der Waals surface area contributed by atoms with E-state index < -0.39 is 12.1 Å². The summed E-state index contributed by atoms with van der Waals surface area (Å²) in [5, 5.41) is 25.6. The molecule has 106 valence electrons. The highest BCUT2D eigenvalue weighted by atomic mass is 35.5. The van der Waals surface area contributed by atoms with E-state index in [1.807, 2.05) is 0 Å². The topological polar surface area (TPSA) is 87.4 Å². The van der Waals surface area contributed by atoms with Crippen molar-refractivity contribution in [3.63, 3.8) is 0 Å². The molecule has 1 atom stereocenters. The molecule has 0 aliphatic rings. The summed E-state index contributed by atoms with van der Waals surface area (Å²) in [6.07, 6.45) is 2.65. The van der Waals surface area contributed by atoms with Crippen molar-refractivity contribution < 1.29 is 15.0 Å². The van der Waals surface area contributed by atoms with E-state index >= 15 is 0 Å². The van der Waals surface area contributed by atoms with Gasteiger partial charge in [-0.2, -0.15) is 5.10 Å². The van der Waals surface area contributed by atoms with Crippen LogP contribution < -0.4 is 5.32 Å². The minimum absolute atomic E-state index is 0.0776. The van der Waals surface area contributed by atoms with Gasteiger partial charge in [0.05, 0.1) is 28.9 Å². The average Bonchev–Trinajstić information content (AvgIpc) is 2.98. The molecule has 1 unspecified atom stereocenters. The molecule has 0 saturated heterocycles. The van der Waals surface area contributed by atoms with Crippen LogP contribution in [0, 0.1) is 0 Å². The Bertz CT molecular complexity index is 587. The number of anilines is 1. The number of alkyl halides is 1. The molecule has 2 rings (SSSR count). The SMILES string of the molecule is O=C(O)c1ccc(-n2cccn2)cc1NCC(O)CCl. The van der Waals surface area contributed by atoms with Crippen LogP contribution in [0.1, 0.15) is 10.4 Å². The molecule has 6 nitrogen and oxygen atoms in total. The lowest BCUT2D eigenvalue weighted by molar-refractivity contribution is 0.0697. The number of rotatable bonds is 6. The lowest BCUT2D eigenvalue weighted by atomic mass is 10.1.